The summed E-state index contributed by atoms with van der Waals surface area (Å²) >= 11 is 0. The molecule has 0 bridgehead atoms. The summed E-state index contributed by atoms with van der Waals surface area (Å²) in [5.74, 6) is 1.64. The van der Waals surface area contributed by atoms with Gasteiger partial charge in [-0.15, -0.1) is 0 Å². The average Bonchev–Trinajstić information content (AvgIpc) is 3.11. The molecule has 6 nitrogen and oxygen atoms in total. The maximum absolute atomic E-state index is 12.2. The number of hydrogen-bond acceptors (Lipinski definition) is 5. The van der Waals surface area contributed by atoms with Gasteiger partial charge < -0.3 is 13.9 Å². The molecule has 0 saturated heterocycles. The quantitative estimate of drug-likeness (QED) is 0.538. The van der Waals surface area contributed by atoms with E-state index < -0.39 is 0 Å². The number of amides is 1. The van der Waals surface area contributed by atoms with Gasteiger partial charge in [-0.2, -0.15) is 5.10 Å². The van der Waals surface area contributed by atoms with E-state index in [1.54, 1.807) is 38.3 Å². The predicted molar refractivity (Wildman–Crippen MR) is 100 cm³/mol. The zero-order valence-corrected chi connectivity index (χ0v) is 14.9. The molecule has 26 heavy (non-hydrogen) atoms. The summed E-state index contributed by atoms with van der Waals surface area (Å²) < 4.78 is 16.5. The minimum absolute atomic E-state index is 0.305. The maximum Gasteiger partial charge on any atom is 0.271 e. The molecule has 6 heteroatoms. The molecule has 0 saturated carbocycles. The van der Waals surface area contributed by atoms with Gasteiger partial charge in [-0.3, -0.25) is 4.79 Å². The average molecular weight is 352 g/mol. The first-order valence-corrected chi connectivity index (χ1v) is 8.26. The zero-order valence-electron chi connectivity index (χ0n) is 14.9. The molecule has 1 heterocycles. The summed E-state index contributed by atoms with van der Waals surface area (Å²) in [6.45, 7) is 4.26. The van der Waals surface area contributed by atoms with E-state index >= 15 is 0 Å². The first kappa shape index (κ1) is 17.5. The van der Waals surface area contributed by atoms with Crippen molar-refractivity contribution in [2.24, 2.45) is 5.10 Å². The fourth-order valence-electron chi connectivity index (χ4n) is 2.50. The molecule has 0 fully saturated rings. The second-order valence-electron chi connectivity index (χ2n) is 5.58. The zero-order chi connectivity index (χ0) is 18.5. The summed E-state index contributed by atoms with van der Waals surface area (Å²) in [5, 5.41) is 5.04. The van der Waals surface area contributed by atoms with Crippen LogP contribution in [0.25, 0.3) is 11.0 Å². The van der Waals surface area contributed by atoms with E-state index in [4.69, 9.17) is 13.9 Å². The third-order valence-corrected chi connectivity index (χ3v) is 3.84. The summed E-state index contributed by atoms with van der Waals surface area (Å²) in [4.78, 5) is 12.2. The van der Waals surface area contributed by atoms with Crippen molar-refractivity contribution in [1.29, 1.82) is 0 Å². The second-order valence-corrected chi connectivity index (χ2v) is 5.58. The van der Waals surface area contributed by atoms with E-state index in [0.29, 0.717) is 35.0 Å². The van der Waals surface area contributed by atoms with Crippen molar-refractivity contribution < 1.29 is 18.7 Å². The molecule has 134 valence electrons. The number of rotatable bonds is 6. The van der Waals surface area contributed by atoms with Crippen molar-refractivity contribution in [3.8, 4) is 11.5 Å². The topological polar surface area (TPSA) is 73.1 Å². The fraction of sp³-hybridized carbons (Fsp3) is 0.200. The van der Waals surface area contributed by atoms with Gasteiger partial charge in [0.2, 0.25) is 0 Å². The van der Waals surface area contributed by atoms with Crippen LogP contribution in [0.3, 0.4) is 0 Å². The number of nitrogens with zero attached hydrogens (tertiary/aromatic N) is 1. The molecule has 0 aliphatic rings. The number of para-hydroxylation sites is 1. The molecule has 3 rings (SSSR count). The van der Waals surface area contributed by atoms with E-state index in [9.17, 15) is 4.79 Å². The first-order chi connectivity index (χ1) is 12.6. The Balaban J connectivity index is 1.74. The Morgan fingerprint density at radius 3 is 2.65 bits per heavy atom. The molecule has 1 N–H and O–H groups in total. The van der Waals surface area contributed by atoms with Gasteiger partial charge >= 0.3 is 0 Å². The molecule has 0 radical (unpaired) electrons. The highest BCUT2D eigenvalue weighted by molar-refractivity contribution is 6.02. The summed E-state index contributed by atoms with van der Waals surface area (Å²) in [6, 6.07) is 14.4. The molecular formula is C20H20N2O4. The first-order valence-electron chi connectivity index (χ1n) is 8.26. The highest BCUT2D eigenvalue weighted by Crippen LogP contribution is 2.28. The number of ether oxygens (including phenoxy) is 2. The van der Waals surface area contributed by atoms with E-state index in [1.807, 2.05) is 31.2 Å². The Labute approximate surface area is 151 Å². The van der Waals surface area contributed by atoms with Crippen LogP contribution >= 0.6 is 0 Å². The van der Waals surface area contributed by atoms with Gasteiger partial charge in [0.1, 0.15) is 11.5 Å². The van der Waals surface area contributed by atoms with Crippen molar-refractivity contribution in [1.82, 2.24) is 5.43 Å². The number of benzene rings is 2. The monoisotopic (exact) mass is 352 g/mol. The van der Waals surface area contributed by atoms with Crippen molar-refractivity contribution in [3.05, 3.63) is 59.9 Å². The minimum atomic E-state index is -0.305. The molecule has 0 unspecified atom stereocenters. The van der Waals surface area contributed by atoms with Crippen LogP contribution in [-0.4, -0.2) is 25.3 Å². The Morgan fingerprint density at radius 1 is 1.19 bits per heavy atom. The van der Waals surface area contributed by atoms with Crippen molar-refractivity contribution in [2.45, 2.75) is 13.8 Å². The Morgan fingerprint density at radius 2 is 1.96 bits per heavy atom. The van der Waals surface area contributed by atoms with Gasteiger partial charge in [-0.05, 0) is 50.2 Å². The van der Waals surface area contributed by atoms with Crippen molar-refractivity contribution >= 4 is 22.6 Å². The van der Waals surface area contributed by atoms with Crippen LogP contribution in [0.2, 0.25) is 0 Å². The Bertz CT molecular complexity index is 942. The number of hydrogen-bond donors (Lipinski definition) is 1. The van der Waals surface area contributed by atoms with Gasteiger partial charge in [0.15, 0.2) is 17.1 Å². The number of furan rings is 1. The van der Waals surface area contributed by atoms with Crippen LogP contribution in [0.4, 0.5) is 0 Å². The highest BCUT2D eigenvalue weighted by atomic mass is 16.5. The van der Waals surface area contributed by atoms with E-state index in [2.05, 4.69) is 10.5 Å². The predicted octanol–water partition coefficient (Wildman–Crippen LogP) is 3.99. The van der Waals surface area contributed by atoms with E-state index in [0.717, 1.165) is 11.1 Å². The summed E-state index contributed by atoms with van der Waals surface area (Å²) in [5.41, 5.74) is 4.24. The van der Waals surface area contributed by atoms with Crippen LogP contribution in [-0.2, 0) is 0 Å². The molecular weight excluding hydrogens is 332 g/mol. The van der Waals surface area contributed by atoms with Crippen molar-refractivity contribution in [2.75, 3.05) is 13.7 Å². The third kappa shape index (κ3) is 3.69. The molecule has 3 aromatic rings. The van der Waals surface area contributed by atoms with E-state index in [-0.39, 0.29) is 5.91 Å². The fourth-order valence-corrected chi connectivity index (χ4v) is 2.50. The highest BCUT2D eigenvalue weighted by Gasteiger charge is 2.11. The van der Waals surface area contributed by atoms with Crippen LogP contribution < -0.4 is 14.9 Å². The van der Waals surface area contributed by atoms with Crippen LogP contribution in [0.15, 0.2) is 58.0 Å². The Hall–Kier alpha value is -3.28. The summed E-state index contributed by atoms with van der Waals surface area (Å²) in [7, 11) is 1.59. The molecule has 0 aliphatic heterocycles. The molecule has 0 spiro atoms. The molecule has 1 amide bonds. The minimum Gasteiger partial charge on any atom is -0.494 e. The van der Waals surface area contributed by atoms with Gasteiger partial charge in [0.05, 0.1) is 13.7 Å². The normalized spacial score (nSPS) is 11.4. The lowest BCUT2D eigenvalue weighted by atomic mass is 10.2. The van der Waals surface area contributed by atoms with Gasteiger partial charge in [0, 0.05) is 10.9 Å². The number of carbonyl (C=O) groups is 1. The lowest BCUT2D eigenvalue weighted by Crippen LogP contribution is -2.19. The standard InChI is InChI=1S/C20H20N2O4/c1-4-25-16-10-8-14(9-11-16)20(23)22-21-13(2)18-12-15-6-5-7-17(24-3)19(15)26-18/h5-12H,4H2,1-3H3,(H,22,23)/b21-13-. The second kappa shape index (κ2) is 7.74. The number of fused-ring (bicyclic) bond motifs is 1. The number of nitrogens with one attached hydrogen (secondary N) is 1. The molecule has 0 aliphatic carbocycles. The van der Waals surface area contributed by atoms with Crippen molar-refractivity contribution in [3.63, 3.8) is 0 Å². The van der Waals surface area contributed by atoms with Crippen LogP contribution in [0, 0.1) is 0 Å². The third-order valence-electron chi connectivity index (χ3n) is 3.84. The molecule has 1 aromatic heterocycles. The maximum atomic E-state index is 12.2. The Kier molecular flexibility index (Phi) is 5.22. The lowest BCUT2D eigenvalue weighted by Gasteiger charge is -2.04. The SMILES string of the molecule is CCOc1ccc(C(=O)N/N=C(/C)c2cc3cccc(OC)c3o2)cc1. The van der Waals surface area contributed by atoms with E-state index in [1.165, 1.54) is 0 Å². The lowest BCUT2D eigenvalue weighted by molar-refractivity contribution is 0.0955. The number of hydrazone groups is 1. The molecule has 2 aromatic carbocycles. The summed E-state index contributed by atoms with van der Waals surface area (Å²) in [6.07, 6.45) is 0. The van der Waals surface area contributed by atoms with Gasteiger partial charge in [-0.25, -0.2) is 5.43 Å². The largest absolute Gasteiger partial charge is 0.494 e. The molecule has 0 atom stereocenters. The van der Waals surface area contributed by atoms with Crippen LogP contribution in [0.5, 0.6) is 11.5 Å². The smallest absolute Gasteiger partial charge is 0.271 e. The van der Waals surface area contributed by atoms with Gasteiger partial charge in [0.25, 0.3) is 5.91 Å². The van der Waals surface area contributed by atoms with Gasteiger partial charge in [-0.1, -0.05) is 12.1 Å². The number of methoxy groups -OCH3 is 1. The number of carbonyl (C=O) groups excluding carboxylic acids is 1. The van der Waals surface area contributed by atoms with Crippen LogP contribution in [0.1, 0.15) is 30.0 Å².